The largest absolute Gasteiger partial charge is 0.507 e. The number of fused-ring (bicyclic) bond motifs is 3. The quantitative estimate of drug-likeness (QED) is 0.155. The van der Waals surface area contributed by atoms with E-state index in [2.05, 4.69) is 5.32 Å². The number of carbonyl (C=O) groups is 4. The number of aromatic hydroxyl groups is 2. The van der Waals surface area contributed by atoms with E-state index in [0.29, 0.717) is 6.42 Å². The normalized spacial score (nSPS) is 29.8. The van der Waals surface area contributed by atoms with E-state index in [1.54, 1.807) is 6.92 Å². The van der Waals surface area contributed by atoms with E-state index in [1.165, 1.54) is 25.3 Å². The molecule has 0 radical (unpaired) electrons. The molecular weight excluding hydrogens is 654 g/mol. The number of phenolic OH excluding ortho intramolecular Hbond substituents is 2. The highest BCUT2D eigenvalue weighted by atomic mass is 16.7. The van der Waals surface area contributed by atoms with Crippen molar-refractivity contribution < 1.29 is 63.7 Å². The fraction of sp³-hybridized carbons (Fsp3) is 0.500. The zero-order valence-corrected chi connectivity index (χ0v) is 27.7. The lowest BCUT2D eigenvalue weighted by Crippen LogP contribution is -2.56. The molecule has 14 heteroatoms. The molecule has 7 atom stereocenters. The number of benzene rings is 2. The molecule has 268 valence electrons. The highest BCUT2D eigenvalue weighted by Gasteiger charge is 2.50. The lowest BCUT2D eigenvalue weighted by molar-refractivity contribution is -0.249. The van der Waals surface area contributed by atoms with Crippen molar-refractivity contribution in [2.75, 3.05) is 13.7 Å². The Hall–Kier alpha value is -4.34. The van der Waals surface area contributed by atoms with Gasteiger partial charge >= 0.3 is 6.09 Å². The Morgan fingerprint density at radius 1 is 1.06 bits per heavy atom. The molecule has 4 unspecified atom stereocenters. The fourth-order valence-corrected chi connectivity index (χ4v) is 7.41. The summed E-state index contributed by atoms with van der Waals surface area (Å²) in [6.45, 7) is 0.487. The van der Waals surface area contributed by atoms with Crippen LogP contribution in [0.4, 0.5) is 4.79 Å². The molecular formula is C36H41NO13. The van der Waals surface area contributed by atoms with Crippen LogP contribution in [0, 0.1) is 0 Å². The van der Waals surface area contributed by atoms with Crippen LogP contribution in [0.15, 0.2) is 30.4 Å². The Balaban J connectivity index is 1.33. The first-order valence-corrected chi connectivity index (χ1v) is 16.7. The zero-order valence-electron chi connectivity index (χ0n) is 27.7. The molecule has 2 aromatic rings. The van der Waals surface area contributed by atoms with Crippen molar-refractivity contribution in [3.63, 3.8) is 0 Å². The first-order valence-electron chi connectivity index (χ1n) is 16.7. The average Bonchev–Trinajstić information content (AvgIpc) is 3.07. The number of aliphatic hydroxyl groups excluding tert-OH is 2. The van der Waals surface area contributed by atoms with Crippen LogP contribution < -0.4 is 10.1 Å². The maximum Gasteiger partial charge on any atom is 0.408 e. The Labute approximate surface area is 287 Å². The number of aliphatic hydroxyl groups is 3. The van der Waals surface area contributed by atoms with Crippen LogP contribution in [-0.4, -0.2) is 98.9 Å². The summed E-state index contributed by atoms with van der Waals surface area (Å²) in [5.41, 5.74) is -3.93. The minimum Gasteiger partial charge on any atom is -0.507 e. The van der Waals surface area contributed by atoms with Gasteiger partial charge < -0.3 is 49.8 Å². The molecule has 0 spiro atoms. The molecule has 6 rings (SSSR count). The average molecular weight is 696 g/mol. The van der Waals surface area contributed by atoms with Gasteiger partial charge in [-0.2, -0.15) is 0 Å². The predicted octanol–water partition coefficient (Wildman–Crippen LogP) is 2.66. The highest BCUT2D eigenvalue weighted by molar-refractivity contribution is 6.31. The third-order valence-electron chi connectivity index (χ3n) is 10.0. The van der Waals surface area contributed by atoms with Crippen LogP contribution in [0.3, 0.4) is 0 Å². The van der Waals surface area contributed by atoms with Crippen LogP contribution in [0.5, 0.6) is 17.2 Å². The number of hydrogen-bond donors (Lipinski definition) is 6. The number of Topliss-reactive ketones (excluding diaryl/α,β-unsaturated/α-hetero) is 1. The fourth-order valence-electron chi connectivity index (χ4n) is 7.41. The Bertz CT molecular complexity index is 1740. The van der Waals surface area contributed by atoms with E-state index in [4.69, 9.17) is 18.9 Å². The molecule has 0 bridgehead atoms. The van der Waals surface area contributed by atoms with Crippen molar-refractivity contribution in [2.24, 2.45) is 0 Å². The molecule has 1 saturated heterocycles. The second-order valence-electron chi connectivity index (χ2n) is 13.3. The van der Waals surface area contributed by atoms with Crippen LogP contribution in [-0.2, 0) is 25.4 Å². The molecule has 1 heterocycles. The summed E-state index contributed by atoms with van der Waals surface area (Å²) in [7, 11) is 1.31. The van der Waals surface area contributed by atoms with E-state index < -0.39 is 108 Å². The zero-order chi connectivity index (χ0) is 35.9. The Kier molecular flexibility index (Phi) is 10.0. The van der Waals surface area contributed by atoms with Crippen LogP contribution >= 0.6 is 0 Å². The van der Waals surface area contributed by atoms with Gasteiger partial charge in [0.15, 0.2) is 17.9 Å². The van der Waals surface area contributed by atoms with Gasteiger partial charge in [-0.05, 0) is 44.7 Å². The van der Waals surface area contributed by atoms with E-state index in [9.17, 15) is 44.7 Å². The molecule has 6 N–H and O–H groups in total. The predicted molar refractivity (Wildman–Crippen MR) is 173 cm³/mol. The van der Waals surface area contributed by atoms with Crippen molar-refractivity contribution in [1.29, 1.82) is 0 Å². The van der Waals surface area contributed by atoms with Gasteiger partial charge in [-0.25, -0.2) is 4.79 Å². The minimum atomic E-state index is -2.32. The van der Waals surface area contributed by atoms with E-state index in [-0.39, 0.29) is 34.4 Å². The summed E-state index contributed by atoms with van der Waals surface area (Å²) in [6, 6.07) is 3.41. The Morgan fingerprint density at radius 3 is 2.56 bits per heavy atom. The second-order valence-corrected chi connectivity index (χ2v) is 13.3. The number of methoxy groups -OCH3 is 1. The van der Waals surface area contributed by atoms with Gasteiger partial charge in [0.1, 0.15) is 41.7 Å². The Morgan fingerprint density at radius 2 is 1.82 bits per heavy atom. The van der Waals surface area contributed by atoms with E-state index >= 15 is 0 Å². The second kappa shape index (κ2) is 14.1. The van der Waals surface area contributed by atoms with Crippen molar-refractivity contribution in [3.8, 4) is 17.2 Å². The minimum absolute atomic E-state index is 0.0737. The van der Waals surface area contributed by atoms with Crippen LogP contribution in [0.1, 0.15) is 101 Å². The van der Waals surface area contributed by atoms with Crippen LogP contribution in [0.2, 0.25) is 0 Å². The van der Waals surface area contributed by atoms with Gasteiger partial charge in [0.05, 0.1) is 42.0 Å². The molecule has 1 amide bonds. The number of allylic oxidation sites excluding steroid dienone is 1. The summed E-state index contributed by atoms with van der Waals surface area (Å²) in [5, 5.41) is 58.1. The lowest BCUT2D eigenvalue weighted by atomic mass is 9.72. The smallest absolute Gasteiger partial charge is 0.408 e. The van der Waals surface area contributed by atoms with Gasteiger partial charge in [0.2, 0.25) is 5.78 Å². The first-order chi connectivity index (χ1) is 23.9. The SMILES string of the molecule is COc1cccc2c1C(=O)c1c(O)c3c(c(O)c1C2=O)CC(O)(C(=O)CO)CC3O[C@H]1C[C@@H](NC(=O)OC2/C=C/CCCCC2)[C@H](O)C(C)O1. The standard InChI is InChI=1S/C36H41NO13/c1-17-30(40)21(37-35(45)49-18-9-6-4-3-5-7-10-18)13-25(48-17)50-23-15-36(46,24(39)16-38)14-20-27(23)34(44)29-28(32(20)42)31(41)19-11-8-12-22(47-2)26(19)33(29)43/h6,8-9,11-12,17-18,21,23,25,30,38,40,42,44,46H,3-5,7,10,13-16H2,1-2H3,(H,37,45)/b9-6+/t17?,18?,21-,23?,25+,30-,36?/m1/s1. The summed E-state index contributed by atoms with van der Waals surface area (Å²) in [4.78, 5) is 53.4. The molecule has 1 aliphatic heterocycles. The number of alkyl carbamates (subject to hydrolysis) is 1. The molecule has 50 heavy (non-hydrogen) atoms. The third kappa shape index (κ3) is 6.37. The number of nitrogens with one attached hydrogen (secondary N) is 1. The summed E-state index contributed by atoms with van der Waals surface area (Å²) in [6.07, 6.45) is 1.13. The topological polar surface area (TPSA) is 218 Å². The monoisotopic (exact) mass is 695 g/mol. The van der Waals surface area contributed by atoms with Gasteiger partial charge in [-0.3, -0.25) is 14.4 Å². The van der Waals surface area contributed by atoms with E-state index in [1.807, 2.05) is 12.2 Å². The lowest BCUT2D eigenvalue weighted by Gasteiger charge is -2.42. The number of carbonyl (C=O) groups excluding carboxylic acids is 4. The van der Waals surface area contributed by atoms with Gasteiger partial charge in [0.25, 0.3) is 0 Å². The molecule has 2 aromatic carbocycles. The third-order valence-corrected chi connectivity index (χ3v) is 10.0. The highest BCUT2D eigenvalue weighted by Crippen LogP contribution is 2.52. The van der Waals surface area contributed by atoms with Crippen LogP contribution in [0.25, 0.3) is 0 Å². The number of phenols is 2. The van der Waals surface area contributed by atoms with E-state index in [0.717, 1.165) is 25.7 Å². The van der Waals surface area contributed by atoms with Gasteiger partial charge in [-0.1, -0.05) is 24.6 Å². The number of ether oxygens (including phenoxy) is 4. The summed E-state index contributed by atoms with van der Waals surface area (Å²) in [5.74, 6) is -3.98. The maximum absolute atomic E-state index is 13.9. The van der Waals surface area contributed by atoms with Crippen molar-refractivity contribution in [3.05, 3.63) is 63.7 Å². The van der Waals surface area contributed by atoms with Gasteiger partial charge in [-0.15, -0.1) is 0 Å². The molecule has 0 aromatic heterocycles. The number of hydrogen-bond acceptors (Lipinski definition) is 13. The van der Waals surface area contributed by atoms with Crippen molar-refractivity contribution >= 4 is 23.4 Å². The van der Waals surface area contributed by atoms with Crippen molar-refractivity contribution in [1.82, 2.24) is 5.32 Å². The molecule has 14 nitrogen and oxygen atoms in total. The van der Waals surface area contributed by atoms with Gasteiger partial charge in [0, 0.05) is 36.0 Å². The number of amides is 1. The first kappa shape index (κ1) is 35.5. The molecule has 1 fully saturated rings. The summed E-state index contributed by atoms with van der Waals surface area (Å²) < 4.78 is 23.0. The molecule has 4 aliphatic rings. The summed E-state index contributed by atoms with van der Waals surface area (Å²) >= 11 is 0. The number of rotatable bonds is 7. The molecule has 3 aliphatic carbocycles. The number of ketones is 3. The van der Waals surface area contributed by atoms with Crippen molar-refractivity contribution in [2.45, 2.75) is 101 Å². The molecule has 0 saturated carbocycles. The maximum atomic E-state index is 13.9.